The van der Waals surface area contributed by atoms with Gasteiger partial charge in [0.2, 0.25) is 5.91 Å². The fraction of sp³-hybridized carbons (Fsp3) is 0.556. The van der Waals surface area contributed by atoms with Crippen LogP contribution in [0.5, 0.6) is 0 Å². The van der Waals surface area contributed by atoms with E-state index in [0.717, 1.165) is 39.7 Å². The highest BCUT2D eigenvalue weighted by Gasteiger charge is 2.40. The molecular weight excluding hydrogens is 354 g/mol. The number of aromatic nitrogens is 2. The summed E-state index contributed by atoms with van der Waals surface area (Å²) in [7, 11) is 1.37. The van der Waals surface area contributed by atoms with E-state index in [1.807, 2.05) is 13.8 Å². The lowest BCUT2D eigenvalue weighted by molar-refractivity contribution is -0.151. The predicted octanol–water partition coefficient (Wildman–Crippen LogP) is 3.43. The van der Waals surface area contributed by atoms with Crippen LogP contribution in [0.25, 0.3) is 11.5 Å². The second-order valence-electron chi connectivity index (χ2n) is 7.10. The predicted molar refractivity (Wildman–Crippen MR) is 95.9 cm³/mol. The van der Waals surface area contributed by atoms with Crippen LogP contribution in [-0.4, -0.2) is 29.1 Å². The molecule has 26 heavy (non-hydrogen) atoms. The first-order valence-electron chi connectivity index (χ1n) is 8.80. The van der Waals surface area contributed by atoms with Crippen LogP contribution in [0, 0.1) is 25.7 Å². The Morgan fingerprint density at radius 1 is 1.23 bits per heavy atom. The van der Waals surface area contributed by atoms with Crippen LogP contribution < -0.4 is 5.32 Å². The van der Waals surface area contributed by atoms with Gasteiger partial charge in [0, 0.05) is 16.7 Å². The van der Waals surface area contributed by atoms with Gasteiger partial charge in [0.25, 0.3) is 5.89 Å². The molecule has 0 aromatic carbocycles. The third-order valence-corrected chi connectivity index (χ3v) is 6.39. The number of aryl methyl sites for hydroxylation is 1. The minimum atomic E-state index is -0.240. The molecule has 2 aliphatic carbocycles. The van der Waals surface area contributed by atoms with Crippen LogP contribution in [0.3, 0.4) is 0 Å². The molecule has 1 amide bonds. The summed E-state index contributed by atoms with van der Waals surface area (Å²) in [6.45, 7) is 4.00. The number of esters is 1. The Balaban J connectivity index is 1.51. The number of amides is 1. The first-order chi connectivity index (χ1) is 12.5. The number of carbonyl (C=O) groups is 2. The maximum absolute atomic E-state index is 12.6. The van der Waals surface area contributed by atoms with Crippen molar-refractivity contribution in [3.8, 4) is 11.5 Å². The molecule has 2 aromatic heterocycles. The summed E-state index contributed by atoms with van der Waals surface area (Å²) in [5.41, 5.74) is 1.85. The van der Waals surface area contributed by atoms with Crippen LogP contribution in [0.4, 0.5) is 5.00 Å². The molecule has 0 spiro atoms. The molecule has 1 N–H and O–H groups in total. The Labute approximate surface area is 155 Å². The highest BCUT2D eigenvalue weighted by Crippen LogP contribution is 2.43. The Bertz CT molecular complexity index is 862. The Kier molecular flexibility index (Phi) is 4.30. The Morgan fingerprint density at radius 3 is 2.62 bits per heavy atom. The minimum absolute atomic E-state index is 0.0745. The van der Waals surface area contributed by atoms with E-state index in [0.29, 0.717) is 24.7 Å². The van der Waals surface area contributed by atoms with Gasteiger partial charge in [0.05, 0.1) is 18.6 Å². The van der Waals surface area contributed by atoms with Gasteiger partial charge in [0.1, 0.15) is 5.00 Å². The van der Waals surface area contributed by atoms with E-state index in [4.69, 9.17) is 9.26 Å². The van der Waals surface area contributed by atoms with Crippen LogP contribution in [0.1, 0.15) is 47.9 Å². The fourth-order valence-corrected chi connectivity index (χ4v) is 4.28. The molecule has 2 saturated carbocycles. The molecular formula is C18H21N3O4S. The average molecular weight is 375 g/mol. The number of hydrogen-bond acceptors (Lipinski definition) is 7. The second kappa shape index (κ2) is 6.50. The Hall–Kier alpha value is -2.22. The van der Waals surface area contributed by atoms with Crippen molar-refractivity contribution < 1.29 is 18.8 Å². The first-order valence-corrected chi connectivity index (χ1v) is 9.62. The number of rotatable bonds is 5. The van der Waals surface area contributed by atoms with Gasteiger partial charge < -0.3 is 14.6 Å². The third-order valence-electron chi connectivity index (χ3n) is 5.26. The summed E-state index contributed by atoms with van der Waals surface area (Å²) in [6.07, 6.45) is 3.27. The molecule has 2 aromatic rings. The summed E-state index contributed by atoms with van der Waals surface area (Å²) in [4.78, 5) is 29.7. The van der Waals surface area contributed by atoms with E-state index >= 15 is 0 Å². The molecule has 0 bridgehead atoms. The molecule has 138 valence electrons. The molecule has 0 radical (unpaired) electrons. The lowest BCUT2D eigenvalue weighted by atomic mass is 9.74. The van der Waals surface area contributed by atoms with E-state index in [-0.39, 0.29) is 23.7 Å². The summed E-state index contributed by atoms with van der Waals surface area (Å²) in [5.74, 6) is 0.977. The summed E-state index contributed by atoms with van der Waals surface area (Å²) in [5, 5.41) is 7.82. The number of ether oxygens (including phenoxy) is 1. The van der Waals surface area contributed by atoms with E-state index in [1.165, 1.54) is 18.4 Å². The van der Waals surface area contributed by atoms with Gasteiger partial charge in [-0.05, 0) is 45.1 Å². The molecule has 7 nitrogen and oxygen atoms in total. The lowest BCUT2D eigenvalue weighted by Gasteiger charge is -2.31. The summed E-state index contributed by atoms with van der Waals surface area (Å²) in [6, 6.07) is 0. The van der Waals surface area contributed by atoms with Crippen molar-refractivity contribution in [1.29, 1.82) is 0 Å². The normalized spacial score (nSPS) is 22.0. The SMILES string of the molecule is COC(=O)C1CC(C(=O)Nc2sc(C)c(C)c2-c2nc(C3CC3)no2)C1. The lowest BCUT2D eigenvalue weighted by Crippen LogP contribution is -2.38. The molecule has 0 aliphatic heterocycles. The molecule has 4 rings (SSSR count). The molecule has 2 aliphatic rings. The van der Waals surface area contributed by atoms with Gasteiger partial charge in [-0.3, -0.25) is 9.59 Å². The van der Waals surface area contributed by atoms with E-state index in [2.05, 4.69) is 15.5 Å². The monoisotopic (exact) mass is 375 g/mol. The molecule has 2 fully saturated rings. The number of methoxy groups -OCH3 is 1. The number of nitrogens with zero attached hydrogens (tertiary/aromatic N) is 2. The van der Waals surface area contributed by atoms with Crippen molar-refractivity contribution in [2.24, 2.45) is 11.8 Å². The van der Waals surface area contributed by atoms with Gasteiger partial charge in [-0.25, -0.2) is 0 Å². The second-order valence-corrected chi connectivity index (χ2v) is 8.32. The highest BCUT2D eigenvalue weighted by molar-refractivity contribution is 7.17. The van der Waals surface area contributed by atoms with Crippen molar-refractivity contribution in [1.82, 2.24) is 10.1 Å². The number of carbonyl (C=O) groups excluding carboxylic acids is 2. The van der Waals surface area contributed by atoms with Crippen LogP contribution >= 0.6 is 11.3 Å². The maximum atomic E-state index is 12.6. The van der Waals surface area contributed by atoms with Crippen LogP contribution in [0.15, 0.2) is 4.52 Å². The van der Waals surface area contributed by atoms with Crippen molar-refractivity contribution in [3.05, 3.63) is 16.3 Å². The topological polar surface area (TPSA) is 94.3 Å². The summed E-state index contributed by atoms with van der Waals surface area (Å²) < 4.78 is 10.2. The zero-order valence-corrected chi connectivity index (χ0v) is 15.8. The van der Waals surface area contributed by atoms with Crippen molar-refractivity contribution in [3.63, 3.8) is 0 Å². The number of thiophene rings is 1. The van der Waals surface area contributed by atoms with Crippen molar-refractivity contribution in [2.45, 2.75) is 45.4 Å². The smallest absolute Gasteiger partial charge is 0.308 e. The molecule has 0 unspecified atom stereocenters. The van der Waals surface area contributed by atoms with E-state index in [9.17, 15) is 9.59 Å². The van der Waals surface area contributed by atoms with Gasteiger partial charge >= 0.3 is 5.97 Å². The standard InChI is InChI=1S/C18H21N3O4S/c1-8-9(2)26-17(13(8)16-19-14(21-25-16)10-4-5-10)20-15(22)11-6-12(7-11)18(23)24-3/h10-12H,4-7H2,1-3H3,(H,20,22). The third kappa shape index (κ3) is 3.02. The minimum Gasteiger partial charge on any atom is -0.469 e. The van der Waals surface area contributed by atoms with Gasteiger partial charge in [-0.15, -0.1) is 11.3 Å². The number of anilines is 1. The van der Waals surface area contributed by atoms with Crippen LogP contribution in [0.2, 0.25) is 0 Å². The summed E-state index contributed by atoms with van der Waals surface area (Å²) >= 11 is 1.51. The number of nitrogens with one attached hydrogen (secondary N) is 1. The highest BCUT2D eigenvalue weighted by atomic mass is 32.1. The molecule has 0 saturated heterocycles. The van der Waals surface area contributed by atoms with E-state index < -0.39 is 0 Å². The average Bonchev–Trinajstić information content (AvgIpc) is 3.24. The van der Waals surface area contributed by atoms with Gasteiger partial charge in [0.15, 0.2) is 5.82 Å². The quantitative estimate of drug-likeness (QED) is 0.805. The van der Waals surface area contributed by atoms with Crippen molar-refractivity contribution in [2.75, 3.05) is 12.4 Å². The largest absolute Gasteiger partial charge is 0.469 e. The number of hydrogen-bond donors (Lipinski definition) is 1. The van der Waals surface area contributed by atoms with Crippen LogP contribution in [-0.2, 0) is 14.3 Å². The first kappa shape index (κ1) is 17.2. The van der Waals surface area contributed by atoms with Gasteiger partial charge in [-0.1, -0.05) is 5.16 Å². The zero-order valence-electron chi connectivity index (χ0n) is 15.0. The molecule has 2 heterocycles. The maximum Gasteiger partial charge on any atom is 0.308 e. The van der Waals surface area contributed by atoms with Crippen molar-refractivity contribution >= 4 is 28.2 Å². The molecule has 0 atom stereocenters. The van der Waals surface area contributed by atoms with Gasteiger partial charge in [-0.2, -0.15) is 4.98 Å². The zero-order chi connectivity index (χ0) is 18.4. The van der Waals surface area contributed by atoms with E-state index in [1.54, 1.807) is 0 Å². The molecule has 8 heteroatoms. The Morgan fingerprint density at radius 2 is 1.96 bits per heavy atom. The fourth-order valence-electron chi connectivity index (χ4n) is 3.22.